The molecule has 1 aromatic heterocycles. The second kappa shape index (κ2) is 7.81. The SMILES string of the molecule is O=C(Cc1cc(-c2ccccc2F)on1)Nc1cc(C(F)(F)F)cc(C(F)(F)F)c1. The number of carbonyl (C=O) groups is 1. The molecule has 158 valence electrons. The van der Waals surface area contributed by atoms with E-state index in [1.165, 1.54) is 24.3 Å². The Balaban J connectivity index is 1.79. The smallest absolute Gasteiger partial charge is 0.356 e. The Morgan fingerprint density at radius 2 is 1.53 bits per heavy atom. The molecule has 11 heteroatoms. The lowest BCUT2D eigenvalue weighted by atomic mass is 10.1. The molecule has 4 nitrogen and oxygen atoms in total. The minimum absolute atomic E-state index is 0.00812. The molecule has 3 aromatic rings. The van der Waals surface area contributed by atoms with Gasteiger partial charge in [-0.05, 0) is 30.3 Å². The molecular formula is C19H11F7N2O2. The molecule has 1 N–H and O–H groups in total. The lowest BCUT2D eigenvalue weighted by molar-refractivity contribution is -0.143. The Bertz CT molecular complexity index is 1040. The lowest BCUT2D eigenvalue weighted by Crippen LogP contribution is -2.17. The molecule has 0 aliphatic carbocycles. The third kappa shape index (κ3) is 4.97. The molecule has 0 aliphatic heterocycles. The zero-order chi connectivity index (χ0) is 22.1. The van der Waals surface area contributed by atoms with E-state index >= 15 is 0 Å². The molecule has 0 saturated heterocycles. The number of hydrogen-bond donors (Lipinski definition) is 1. The van der Waals surface area contributed by atoms with Crippen molar-refractivity contribution in [3.63, 3.8) is 0 Å². The van der Waals surface area contributed by atoms with Gasteiger partial charge >= 0.3 is 12.4 Å². The highest BCUT2D eigenvalue weighted by molar-refractivity contribution is 5.92. The van der Waals surface area contributed by atoms with Crippen molar-refractivity contribution in [1.82, 2.24) is 5.16 Å². The molecule has 1 amide bonds. The van der Waals surface area contributed by atoms with Crippen molar-refractivity contribution in [2.24, 2.45) is 0 Å². The molecule has 0 aliphatic rings. The first-order chi connectivity index (χ1) is 13.9. The van der Waals surface area contributed by atoms with Crippen LogP contribution in [0.1, 0.15) is 16.8 Å². The number of rotatable bonds is 4. The van der Waals surface area contributed by atoms with Gasteiger partial charge in [-0.1, -0.05) is 17.3 Å². The summed E-state index contributed by atoms with van der Waals surface area (Å²) in [6, 6.07) is 7.55. The summed E-state index contributed by atoms with van der Waals surface area (Å²) < 4.78 is 96.0. The Kier molecular flexibility index (Phi) is 5.55. The van der Waals surface area contributed by atoms with Crippen LogP contribution in [0.5, 0.6) is 0 Å². The van der Waals surface area contributed by atoms with Crippen LogP contribution in [0.15, 0.2) is 53.1 Å². The summed E-state index contributed by atoms with van der Waals surface area (Å²) in [5.74, 6) is -1.53. The fraction of sp³-hybridized carbons (Fsp3) is 0.158. The minimum Gasteiger partial charge on any atom is -0.356 e. The molecule has 0 spiro atoms. The highest BCUT2D eigenvalue weighted by atomic mass is 19.4. The van der Waals surface area contributed by atoms with Crippen molar-refractivity contribution in [1.29, 1.82) is 0 Å². The van der Waals surface area contributed by atoms with E-state index in [1.54, 1.807) is 6.07 Å². The molecule has 2 aromatic carbocycles. The van der Waals surface area contributed by atoms with Gasteiger partial charge in [0, 0.05) is 11.8 Å². The molecule has 30 heavy (non-hydrogen) atoms. The van der Waals surface area contributed by atoms with E-state index in [0.717, 1.165) is 0 Å². The van der Waals surface area contributed by atoms with E-state index in [2.05, 4.69) is 5.16 Å². The normalized spacial score (nSPS) is 12.1. The molecule has 0 unspecified atom stereocenters. The van der Waals surface area contributed by atoms with Gasteiger partial charge in [-0.3, -0.25) is 4.79 Å². The van der Waals surface area contributed by atoms with Crippen LogP contribution in [0, 0.1) is 5.82 Å². The Morgan fingerprint density at radius 3 is 2.10 bits per heavy atom. The topological polar surface area (TPSA) is 55.1 Å². The van der Waals surface area contributed by atoms with Crippen molar-refractivity contribution < 1.29 is 40.1 Å². The molecule has 1 heterocycles. The number of anilines is 1. The summed E-state index contributed by atoms with van der Waals surface area (Å²) in [4.78, 5) is 12.1. The van der Waals surface area contributed by atoms with E-state index in [4.69, 9.17) is 4.52 Å². The van der Waals surface area contributed by atoms with Crippen molar-refractivity contribution in [3.8, 4) is 11.3 Å². The molecule has 0 radical (unpaired) electrons. The van der Waals surface area contributed by atoms with Gasteiger partial charge in [0.15, 0.2) is 5.76 Å². The van der Waals surface area contributed by atoms with E-state index in [9.17, 15) is 35.5 Å². The fourth-order valence-electron chi connectivity index (χ4n) is 2.58. The van der Waals surface area contributed by atoms with Gasteiger partial charge in [-0.15, -0.1) is 0 Å². The van der Waals surface area contributed by atoms with Crippen LogP contribution in [-0.4, -0.2) is 11.1 Å². The van der Waals surface area contributed by atoms with E-state index < -0.39 is 47.3 Å². The number of carbonyl (C=O) groups excluding carboxylic acids is 1. The van der Waals surface area contributed by atoms with Gasteiger partial charge in [0.25, 0.3) is 0 Å². The number of nitrogens with one attached hydrogen (secondary N) is 1. The third-order valence-corrected chi connectivity index (χ3v) is 3.91. The molecule has 0 bridgehead atoms. The zero-order valence-electron chi connectivity index (χ0n) is 14.7. The number of nitrogens with zero attached hydrogens (tertiary/aromatic N) is 1. The zero-order valence-corrected chi connectivity index (χ0v) is 14.7. The van der Waals surface area contributed by atoms with Crippen LogP contribution in [0.4, 0.5) is 36.4 Å². The summed E-state index contributed by atoms with van der Waals surface area (Å²) in [6.45, 7) is 0. The number of aromatic nitrogens is 1. The van der Waals surface area contributed by atoms with Crippen molar-refractivity contribution in [2.75, 3.05) is 5.32 Å². The van der Waals surface area contributed by atoms with Crippen LogP contribution in [0.3, 0.4) is 0 Å². The van der Waals surface area contributed by atoms with Crippen LogP contribution in [0.25, 0.3) is 11.3 Å². The molecular weight excluding hydrogens is 421 g/mol. The first-order valence-electron chi connectivity index (χ1n) is 8.23. The maximum absolute atomic E-state index is 13.8. The predicted molar refractivity (Wildman–Crippen MR) is 90.7 cm³/mol. The maximum atomic E-state index is 13.8. The molecule has 0 fully saturated rings. The summed E-state index contributed by atoms with van der Waals surface area (Å²) in [7, 11) is 0. The molecule has 3 rings (SSSR count). The first-order valence-corrected chi connectivity index (χ1v) is 8.23. The van der Waals surface area contributed by atoms with Gasteiger partial charge in [-0.2, -0.15) is 26.3 Å². The average Bonchev–Trinajstić information content (AvgIpc) is 3.08. The highest BCUT2D eigenvalue weighted by Gasteiger charge is 2.37. The van der Waals surface area contributed by atoms with Crippen LogP contribution >= 0.6 is 0 Å². The second-order valence-electron chi connectivity index (χ2n) is 6.18. The van der Waals surface area contributed by atoms with E-state index in [0.29, 0.717) is 12.1 Å². The summed E-state index contributed by atoms with van der Waals surface area (Å²) in [5.41, 5.74) is -3.72. The average molecular weight is 432 g/mol. The van der Waals surface area contributed by atoms with Crippen molar-refractivity contribution in [2.45, 2.75) is 18.8 Å². The number of alkyl halides is 6. The number of amides is 1. The van der Waals surface area contributed by atoms with Gasteiger partial charge in [0.2, 0.25) is 5.91 Å². The molecule has 0 atom stereocenters. The standard InChI is InChI=1S/C19H11F7N2O2/c20-15-4-2-1-3-14(15)16-8-13(28-30-16)9-17(29)27-12-6-10(18(21,22)23)5-11(7-12)19(24,25)26/h1-8H,9H2,(H,27,29). The van der Waals surface area contributed by atoms with E-state index in [1.807, 2.05) is 5.32 Å². The van der Waals surface area contributed by atoms with Crippen LogP contribution < -0.4 is 5.32 Å². The fourth-order valence-corrected chi connectivity index (χ4v) is 2.58. The van der Waals surface area contributed by atoms with Gasteiger partial charge < -0.3 is 9.84 Å². The van der Waals surface area contributed by atoms with E-state index in [-0.39, 0.29) is 23.1 Å². The highest BCUT2D eigenvalue weighted by Crippen LogP contribution is 2.37. The van der Waals surface area contributed by atoms with Crippen molar-refractivity contribution >= 4 is 11.6 Å². The Morgan fingerprint density at radius 1 is 0.933 bits per heavy atom. The van der Waals surface area contributed by atoms with Crippen LogP contribution in [0.2, 0.25) is 0 Å². The number of halogens is 7. The van der Waals surface area contributed by atoms with Gasteiger partial charge in [0.05, 0.1) is 28.8 Å². The monoisotopic (exact) mass is 432 g/mol. The third-order valence-electron chi connectivity index (χ3n) is 3.91. The predicted octanol–water partition coefficient (Wildman–Crippen LogP) is 5.70. The molecule has 0 saturated carbocycles. The Hall–Kier alpha value is -3.37. The largest absolute Gasteiger partial charge is 0.416 e. The lowest BCUT2D eigenvalue weighted by Gasteiger charge is -2.14. The van der Waals surface area contributed by atoms with Gasteiger partial charge in [0.1, 0.15) is 5.82 Å². The summed E-state index contributed by atoms with van der Waals surface area (Å²) >= 11 is 0. The Labute approximate surface area is 164 Å². The summed E-state index contributed by atoms with van der Waals surface area (Å²) in [6.07, 6.45) is -10.6. The maximum Gasteiger partial charge on any atom is 0.416 e. The quantitative estimate of drug-likeness (QED) is 0.539. The second-order valence-corrected chi connectivity index (χ2v) is 6.18. The van der Waals surface area contributed by atoms with Crippen LogP contribution in [-0.2, 0) is 23.6 Å². The summed E-state index contributed by atoms with van der Waals surface area (Å²) in [5, 5.41) is 5.55. The van der Waals surface area contributed by atoms with Gasteiger partial charge in [-0.25, -0.2) is 4.39 Å². The number of benzene rings is 2. The minimum atomic E-state index is -5.04. The first kappa shape index (κ1) is 21.3. The number of hydrogen-bond acceptors (Lipinski definition) is 3. The van der Waals surface area contributed by atoms with Crippen molar-refractivity contribution in [3.05, 3.63) is 71.2 Å².